The second-order valence-electron chi connectivity index (χ2n) is 14.7. The van der Waals surface area contributed by atoms with Gasteiger partial charge in [-0.05, 0) is 109 Å². The molecule has 1 unspecified atom stereocenters. The van der Waals surface area contributed by atoms with E-state index in [4.69, 9.17) is 9.47 Å². The lowest BCUT2D eigenvalue weighted by Crippen LogP contribution is -2.27. The molecule has 0 heterocycles. The van der Waals surface area contributed by atoms with Gasteiger partial charge in [0.1, 0.15) is 6.10 Å². The van der Waals surface area contributed by atoms with Gasteiger partial charge in [0.25, 0.3) is 0 Å². The van der Waals surface area contributed by atoms with Crippen LogP contribution in [-0.2, 0) is 14.3 Å². The summed E-state index contributed by atoms with van der Waals surface area (Å²) < 4.78 is 11.1. The van der Waals surface area contributed by atoms with E-state index < -0.39 is 6.10 Å². The molecule has 0 saturated heterocycles. The van der Waals surface area contributed by atoms with E-state index in [1.165, 1.54) is 57.8 Å². The van der Waals surface area contributed by atoms with Gasteiger partial charge < -0.3 is 14.6 Å². The first kappa shape index (κ1) is 53.8. The Bertz CT molecular complexity index is 1150. The van der Waals surface area contributed by atoms with Crippen molar-refractivity contribution in [1.82, 2.24) is 0 Å². The Morgan fingerprint density at radius 3 is 1.19 bits per heavy atom. The molecule has 0 saturated carbocycles. The minimum absolute atomic E-state index is 0.204. The third-order valence-corrected chi connectivity index (χ3v) is 9.27. The molecule has 0 aromatic rings. The molecule has 0 amide bonds. The summed E-state index contributed by atoms with van der Waals surface area (Å²) in [6.07, 6.45) is 72.7. The molecule has 0 aromatic carbocycles. The fraction of sp³-hybridized carbons (Fsp3) is 0.604. The van der Waals surface area contributed by atoms with Crippen molar-refractivity contribution in [2.45, 2.75) is 187 Å². The molecule has 0 spiro atoms. The van der Waals surface area contributed by atoms with E-state index in [0.29, 0.717) is 13.0 Å². The van der Waals surface area contributed by atoms with E-state index in [1.54, 1.807) is 0 Å². The lowest BCUT2D eigenvalue weighted by Gasteiger charge is -2.15. The zero-order valence-electron chi connectivity index (χ0n) is 36.8. The molecule has 0 fully saturated rings. The summed E-state index contributed by atoms with van der Waals surface area (Å²) in [5.41, 5.74) is 0. The summed E-state index contributed by atoms with van der Waals surface area (Å²) >= 11 is 0. The highest BCUT2D eigenvalue weighted by molar-refractivity contribution is 5.69. The standard InChI is InChI=1S/C53H86O4/c1-3-5-7-9-11-13-15-17-19-21-23-25-26-27-29-31-33-35-37-39-41-43-45-47-49-56-51-52(50-54)57-53(55)48-46-44-42-40-38-36-34-32-30-28-24-22-20-18-16-14-12-10-8-6-4-2/h5,7,11,13,16-19,22-25,27,29-30,32-33,35,39,41,52,54H,3-4,6,8-10,12,14-15,20-21,26,28,31,34,36-38,40,42-51H2,1-2H3/b7-5-,13-11-,18-16-,19-17-,24-22-,25-23-,29-27-,32-30-,35-33-,41-39-. The topological polar surface area (TPSA) is 55.8 Å². The minimum Gasteiger partial charge on any atom is -0.457 e. The van der Waals surface area contributed by atoms with Crippen LogP contribution in [-0.4, -0.2) is 37.0 Å². The Kier molecular flexibility index (Phi) is 46.2. The van der Waals surface area contributed by atoms with Gasteiger partial charge >= 0.3 is 5.97 Å². The Balaban J connectivity index is 3.62. The summed E-state index contributed by atoms with van der Waals surface area (Å²) in [5.74, 6) is -0.234. The highest BCUT2D eigenvalue weighted by Crippen LogP contribution is 2.11. The number of carbonyl (C=O) groups is 1. The number of hydrogen-bond acceptors (Lipinski definition) is 4. The van der Waals surface area contributed by atoms with Crippen LogP contribution < -0.4 is 0 Å². The lowest BCUT2D eigenvalue weighted by molar-refractivity contribution is -0.154. The fourth-order valence-corrected chi connectivity index (χ4v) is 5.84. The van der Waals surface area contributed by atoms with Gasteiger partial charge in [-0.25, -0.2) is 0 Å². The van der Waals surface area contributed by atoms with Crippen LogP contribution in [0.2, 0.25) is 0 Å². The molecule has 1 atom stereocenters. The van der Waals surface area contributed by atoms with Crippen molar-refractivity contribution in [3.63, 3.8) is 0 Å². The highest BCUT2D eigenvalue weighted by atomic mass is 16.6. The number of rotatable bonds is 41. The summed E-state index contributed by atoms with van der Waals surface area (Å²) in [4.78, 5) is 12.2. The Morgan fingerprint density at radius 1 is 0.439 bits per heavy atom. The number of hydrogen-bond donors (Lipinski definition) is 1. The van der Waals surface area contributed by atoms with Crippen molar-refractivity contribution in [2.24, 2.45) is 0 Å². The molecule has 1 N–H and O–H groups in total. The Morgan fingerprint density at radius 2 is 0.789 bits per heavy atom. The minimum atomic E-state index is -0.575. The molecular formula is C53H86O4. The van der Waals surface area contributed by atoms with Crippen LogP contribution in [0.1, 0.15) is 181 Å². The molecule has 4 nitrogen and oxygen atoms in total. The lowest BCUT2D eigenvalue weighted by atomic mass is 10.1. The van der Waals surface area contributed by atoms with Gasteiger partial charge in [-0.2, -0.15) is 0 Å². The van der Waals surface area contributed by atoms with Gasteiger partial charge in [0.15, 0.2) is 0 Å². The molecule has 322 valence electrons. The predicted octanol–water partition coefficient (Wildman–Crippen LogP) is 15.7. The zero-order chi connectivity index (χ0) is 41.2. The van der Waals surface area contributed by atoms with Crippen LogP contribution in [0.5, 0.6) is 0 Å². The quantitative estimate of drug-likeness (QED) is 0.0381. The Labute approximate surface area is 352 Å². The van der Waals surface area contributed by atoms with Gasteiger partial charge in [0.2, 0.25) is 0 Å². The number of ether oxygens (including phenoxy) is 2. The average molecular weight is 787 g/mol. The number of unbranched alkanes of at least 4 members (excludes halogenated alkanes) is 13. The van der Waals surface area contributed by atoms with Crippen molar-refractivity contribution in [1.29, 1.82) is 0 Å². The molecule has 0 bridgehead atoms. The SMILES string of the molecule is CC/C=C\C/C=C\C/C=C\C/C=C\C/C=C\C/C=C\C/C=C\CCCCOCC(CO)OC(=O)CCCCCCCC/C=C\C/C=C\C/C=C\CCCCCCC. The maximum atomic E-state index is 12.2. The van der Waals surface area contributed by atoms with E-state index >= 15 is 0 Å². The van der Waals surface area contributed by atoms with Gasteiger partial charge in [0.05, 0.1) is 13.2 Å². The van der Waals surface area contributed by atoms with Crippen LogP contribution in [0.4, 0.5) is 0 Å². The first-order valence-electron chi connectivity index (χ1n) is 23.1. The largest absolute Gasteiger partial charge is 0.457 e. The molecule has 4 heteroatoms. The summed E-state index contributed by atoms with van der Waals surface area (Å²) in [6.45, 7) is 5.08. The number of carbonyl (C=O) groups excluding carboxylic acids is 1. The highest BCUT2D eigenvalue weighted by Gasteiger charge is 2.13. The van der Waals surface area contributed by atoms with E-state index in [2.05, 4.69) is 135 Å². The maximum Gasteiger partial charge on any atom is 0.306 e. The van der Waals surface area contributed by atoms with Crippen molar-refractivity contribution in [2.75, 3.05) is 19.8 Å². The monoisotopic (exact) mass is 787 g/mol. The zero-order valence-corrected chi connectivity index (χ0v) is 36.8. The van der Waals surface area contributed by atoms with E-state index in [9.17, 15) is 9.90 Å². The van der Waals surface area contributed by atoms with Crippen LogP contribution in [0.15, 0.2) is 122 Å². The molecule has 57 heavy (non-hydrogen) atoms. The van der Waals surface area contributed by atoms with Gasteiger partial charge in [0, 0.05) is 13.0 Å². The number of aliphatic hydroxyl groups excluding tert-OH is 1. The summed E-state index contributed by atoms with van der Waals surface area (Å²) in [7, 11) is 0. The molecule has 0 radical (unpaired) electrons. The maximum absolute atomic E-state index is 12.2. The van der Waals surface area contributed by atoms with Crippen molar-refractivity contribution in [3.05, 3.63) is 122 Å². The van der Waals surface area contributed by atoms with Gasteiger partial charge in [-0.3, -0.25) is 4.79 Å². The number of aliphatic hydroxyl groups is 1. The van der Waals surface area contributed by atoms with Crippen molar-refractivity contribution < 1.29 is 19.4 Å². The van der Waals surface area contributed by atoms with Crippen LogP contribution in [0.25, 0.3) is 0 Å². The third kappa shape index (κ3) is 47.1. The third-order valence-electron chi connectivity index (χ3n) is 9.27. The van der Waals surface area contributed by atoms with Gasteiger partial charge in [-0.15, -0.1) is 0 Å². The molecule has 0 aromatic heterocycles. The molecule has 0 aliphatic rings. The van der Waals surface area contributed by atoms with E-state index in [0.717, 1.165) is 103 Å². The first-order chi connectivity index (χ1) is 28.2. The van der Waals surface area contributed by atoms with E-state index in [1.807, 2.05) is 0 Å². The average Bonchev–Trinajstić information content (AvgIpc) is 3.22. The van der Waals surface area contributed by atoms with Crippen LogP contribution >= 0.6 is 0 Å². The summed E-state index contributed by atoms with van der Waals surface area (Å²) in [5, 5.41) is 9.62. The number of allylic oxidation sites excluding steroid dienone is 20. The first-order valence-corrected chi connectivity index (χ1v) is 23.1. The van der Waals surface area contributed by atoms with Crippen molar-refractivity contribution >= 4 is 5.97 Å². The van der Waals surface area contributed by atoms with Crippen LogP contribution in [0, 0.1) is 0 Å². The van der Waals surface area contributed by atoms with Gasteiger partial charge in [-0.1, -0.05) is 187 Å². The molecular weight excluding hydrogens is 701 g/mol. The molecule has 0 aliphatic heterocycles. The Hall–Kier alpha value is -3.21. The number of esters is 1. The smallest absolute Gasteiger partial charge is 0.306 e. The second kappa shape index (κ2) is 48.9. The normalized spacial score (nSPS) is 13.5. The van der Waals surface area contributed by atoms with Crippen LogP contribution in [0.3, 0.4) is 0 Å². The van der Waals surface area contributed by atoms with Crippen molar-refractivity contribution in [3.8, 4) is 0 Å². The molecule has 0 rings (SSSR count). The summed E-state index contributed by atoms with van der Waals surface area (Å²) in [6, 6.07) is 0. The second-order valence-corrected chi connectivity index (χ2v) is 14.7. The fourth-order valence-electron chi connectivity index (χ4n) is 5.84. The molecule has 0 aliphatic carbocycles. The van der Waals surface area contributed by atoms with E-state index in [-0.39, 0.29) is 19.2 Å². The predicted molar refractivity (Wildman–Crippen MR) is 251 cm³/mol.